The van der Waals surface area contributed by atoms with Gasteiger partial charge in [-0.3, -0.25) is 0 Å². The highest BCUT2D eigenvalue weighted by Crippen LogP contribution is 2.44. The van der Waals surface area contributed by atoms with Crippen molar-refractivity contribution in [2.75, 3.05) is 13.7 Å². The molecule has 16 heavy (non-hydrogen) atoms. The molecule has 1 aromatic carbocycles. The minimum Gasteiger partial charge on any atom is -0.493 e. The molecule has 4 nitrogen and oxygen atoms in total. The van der Waals surface area contributed by atoms with Crippen molar-refractivity contribution in [3.05, 3.63) is 34.2 Å². The smallest absolute Gasteiger partial charge is 0.154 e. The Morgan fingerprint density at radius 3 is 2.81 bits per heavy atom. The molecule has 0 spiro atoms. The molecule has 0 atom stereocenters. The van der Waals surface area contributed by atoms with E-state index >= 15 is 0 Å². The van der Waals surface area contributed by atoms with Crippen molar-refractivity contribution >= 4 is 0 Å². The maximum absolute atomic E-state index is 8.70. The Morgan fingerprint density at radius 1 is 1.44 bits per heavy atom. The van der Waals surface area contributed by atoms with E-state index in [0.29, 0.717) is 0 Å². The summed E-state index contributed by atoms with van der Waals surface area (Å²) < 4.78 is 5.52. The van der Waals surface area contributed by atoms with Gasteiger partial charge in [0.1, 0.15) is 12.9 Å². The Kier molecular flexibility index (Phi) is 3.39. The molecule has 86 valence electrons. The van der Waals surface area contributed by atoms with Crippen molar-refractivity contribution in [1.82, 2.24) is 0 Å². The molecule has 0 aromatic heterocycles. The number of nitrogens with zero attached hydrogens (tertiary/aromatic N) is 1. The van der Waals surface area contributed by atoms with Crippen LogP contribution in [-0.4, -0.2) is 13.7 Å². The molecule has 2 aliphatic rings. The van der Waals surface area contributed by atoms with Gasteiger partial charge in [-0.2, -0.15) is 0 Å². The van der Waals surface area contributed by atoms with E-state index in [0.717, 1.165) is 24.7 Å². The normalized spacial score (nSPS) is 16.6. The summed E-state index contributed by atoms with van der Waals surface area (Å²) in [5.41, 5.74) is 3.05. The Morgan fingerprint density at radius 2 is 2.19 bits per heavy atom. The van der Waals surface area contributed by atoms with E-state index in [1.165, 1.54) is 25.5 Å². The third kappa shape index (κ3) is 2.32. The maximum Gasteiger partial charge on any atom is 0.154 e. The van der Waals surface area contributed by atoms with Gasteiger partial charge in [-0.25, -0.2) is 0 Å². The van der Waals surface area contributed by atoms with Gasteiger partial charge < -0.3 is 9.57 Å². The highest BCUT2D eigenvalue weighted by atomic mass is 16.7. The lowest BCUT2D eigenvalue weighted by molar-refractivity contribution is 0.208. The predicted molar refractivity (Wildman–Crippen MR) is 60.4 cm³/mol. The van der Waals surface area contributed by atoms with Gasteiger partial charge in [0.2, 0.25) is 0 Å². The number of rotatable bonds is 2. The quantitative estimate of drug-likeness (QED) is 0.570. The van der Waals surface area contributed by atoms with Crippen LogP contribution in [0.2, 0.25) is 0 Å². The Bertz CT molecular complexity index is 375. The number of fused-ring (bicyclic) bond motifs is 1. The van der Waals surface area contributed by atoms with Gasteiger partial charge in [-0.05, 0) is 30.4 Å². The minimum atomic E-state index is 0.863. The summed E-state index contributed by atoms with van der Waals surface area (Å²) in [6.45, 7) is 0.888. The maximum atomic E-state index is 8.70. The van der Waals surface area contributed by atoms with E-state index in [4.69, 9.17) is 9.64 Å². The number of hydrogen-bond donors (Lipinski definition) is 0. The lowest BCUT2D eigenvalue weighted by Gasteiger charge is -2.03. The molecule has 1 saturated carbocycles. The molecule has 1 aliphatic carbocycles. The largest absolute Gasteiger partial charge is 0.493 e. The van der Waals surface area contributed by atoms with Crippen molar-refractivity contribution < 1.29 is 9.57 Å². The number of ether oxygens (including phenoxy) is 1. The molecule has 0 radical (unpaired) electrons. The molecular weight excluding hydrogens is 206 g/mol. The molecule has 1 aliphatic heterocycles. The standard InChI is InChI=1S/C11H12O.CH3NO2/c1-2-9(8-4-5-8)10-6-7-12-11(10)3-1;1-4-2-3/h1-3,8H,4-7H2;1H3. The van der Waals surface area contributed by atoms with Crippen molar-refractivity contribution in [2.45, 2.75) is 25.2 Å². The van der Waals surface area contributed by atoms with Gasteiger partial charge >= 0.3 is 0 Å². The van der Waals surface area contributed by atoms with Crippen molar-refractivity contribution in [1.29, 1.82) is 0 Å². The van der Waals surface area contributed by atoms with Crippen LogP contribution in [0.5, 0.6) is 5.75 Å². The highest BCUT2D eigenvalue weighted by molar-refractivity contribution is 5.45. The first-order chi connectivity index (χ1) is 7.86. The zero-order chi connectivity index (χ0) is 11.4. The van der Waals surface area contributed by atoms with Crippen LogP contribution in [0.15, 0.2) is 23.5 Å². The average molecular weight is 221 g/mol. The third-order valence-corrected chi connectivity index (χ3v) is 2.87. The number of benzene rings is 1. The lowest BCUT2D eigenvalue weighted by Crippen LogP contribution is -1.88. The van der Waals surface area contributed by atoms with E-state index in [1.54, 1.807) is 5.56 Å². The second-order valence-corrected chi connectivity index (χ2v) is 3.95. The molecule has 0 unspecified atom stereocenters. The van der Waals surface area contributed by atoms with Crippen LogP contribution in [0.25, 0.3) is 0 Å². The molecule has 1 aromatic rings. The van der Waals surface area contributed by atoms with E-state index in [1.807, 2.05) is 5.34 Å². The monoisotopic (exact) mass is 221 g/mol. The average Bonchev–Trinajstić information content (AvgIpc) is 3.06. The van der Waals surface area contributed by atoms with Crippen LogP contribution in [0, 0.1) is 4.91 Å². The van der Waals surface area contributed by atoms with Gasteiger partial charge in [0.25, 0.3) is 0 Å². The minimum absolute atomic E-state index is 0.863. The molecule has 1 fully saturated rings. The van der Waals surface area contributed by atoms with E-state index < -0.39 is 0 Å². The van der Waals surface area contributed by atoms with Crippen molar-refractivity contribution in [3.63, 3.8) is 0 Å². The van der Waals surface area contributed by atoms with Gasteiger partial charge in [0.05, 0.1) is 6.61 Å². The van der Waals surface area contributed by atoms with Gasteiger partial charge in [-0.1, -0.05) is 12.1 Å². The third-order valence-electron chi connectivity index (χ3n) is 2.87. The van der Waals surface area contributed by atoms with Crippen LogP contribution in [-0.2, 0) is 11.3 Å². The van der Waals surface area contributed by atoms with Gasteiger partial charge in [0.15, 0.2) is 5.34 Å². The summed E-state index contributed by atoms with van der Waals surface area (Å²) in [7, 11) is 1.20. The molecule has 3 rings (SSSR count). The second-order valence-electron chi connectivity index (χ2n) is 3.95. The highest BCUT2D eigenvalue weighted by Gasteiger charge is 2.28. The van der Waals surface area contributed by atoms with Crippen LogP contribution >= 0.6 is 0 Å². The SMILES string of the molecule is CON=O.c1cc2c(c(C3CC3)c1)CCO2. The first kappa shape index (κ1) is 10.9. The summed E-state index contributed by atoms with van der Waals surface area (Å²) in [6.07, 6.45) is 3.90. The van der Waals surface area contributed by atoms with Crippen molar-refractivity contribution in [2.24, 2.45) is 5.34 Å². The number of hydrogen-bond acceptors (Lipinski definition) is 4. The molecule has 0 saturated heterocycles. The van der Waals surface area contributed by atoms with E-state index in [2.05, 4.69) is 23.0 Å². The lowest BCUT2D eigenvalue weighted by atomic mass is 10.0. The summed E-state index contributed by atoms with van der Waals surface area (Å²) in [4.78, 5) is 12.3. The predicted octanol–water partition coefficient (Wildman–Crippen LogP) is 2.81. The molecule has 1 heterocycles. The fourth-order valence-electron chi connectivity index (χ4n) is 2.03. The summed E-state index contributed by atoms with van der Waals surface area (Å²) in [6, 6.07) is 6.48. The zero-order valence-electron chi connectivity index (χ0n) is 9.31. The van der Waals surface area contributed by atoms with Crippen LogP contribution in [0.1, 0.15) is 29.9 Å². The van der Waals surface area contributed by atoms with Gasteiger partial charge in [-0.15, -0.1) is 4.91 Å². The van der Waals surface area contributed by atoms with E-state index in [-0.39, 0.29) is 0 Å². The van der Waals surface area contributed by atoms with Crippen molar-refractivity contribution in [3.8, 4) is 5.75 Å². The first-order valence-electron chi connectivity index (χ1n) is 5.47. The van der Waals surface area contributed by atoms with Crippen LogP contribution in [0.4, 0.5) is 0 Å². The Hall–Kier alpha value is -1.58. The second kappa shape index (κ2) is 4.96. The van der Waals surface area contributed by atoms with Gasteiger partial charge in [0, 0.05) is 12.0 Å². The molecular formula is C12H15NO3. The topological polar surface area (TPSA) is 47.9 Å². The fraction of sp³-hybridized carbons (Fsp3) is 0.500. The summed E-state index contributed by atoms with van der Waals surface area (Å²) >= 11 is 0. The molecule has 4 heteroatoms. The zero-order valence-corrected chi connectivity index (χ0v) is 9.31. The van der Waals surface area contributed by atoms with Crippen LogP contribution < -0.4 is 4.74 Å². The molecule has 0 N–H and O–H groups in total. The Balaban J connectivity index is 0.000000212. The molecule has 0 amide bonds. The van der Waals surface area contributed by atoms with E-state index in [9.17, 15) is 0 Å². The summed E-state index contributed by atoms with van der Waals surface area (Å²) in [5, 5.41) is 1.99. The van der Waals surface area contributed by atoms with Crippen LogP contribution in [0.3, 0.4) is 0 Å². The summed E-state index contributed by atoms with van der Waals surface area (Å²) in [5.74, 6) is 2.00. The fourth-order valence-corrected chi connectivity index (χ4v) is 2.03. The molecule has 0 bridgehead atoms. The first-order valence-corrected chi connectivity index (χ1v) is 5.47. The Labute approximate surface area is 94.5 Å².